The second kappa shape index (κ2) is 5.30. The predicted molar refractivity (Wildman–Crippen MR) is 69.1 cm³/mol. The van der Waals surface area contributed by atoms with E-state index in [1.807, 2.05) is 30.4 Å². The molecule has 1 N–H and O–H groups in total. The van der Waals surface area contributed by atoms with Crippen molar-refractivity contribution in [1.82, 2.24) is 29.9 Å². The molecule has 0 spiro atoms. The molecule has 0 amide bonds. The van der Waals surface area contributed by atoms with Gasteiger partial charge in [-0.2, -0.15) is 10.2 Å². The topological polar surface area (TPSA) is 60.6 Å². The highest BCUT2D eigenvalue weighted by Crippen LogP contribution is 2.17. The van der Waals surface area contributed by atoms with Crippen molar-refractivity contribution in [2.45, 2.75) is 26.3 Å². The lowest BCUT2D eigenvalue weighted by atomic mass is 10.1. The highest BCUT2D eigenvalue weighted by Gasteiger charge is 2.17. The fourth-order valence-electron chi connectivity index (χ4n) is 2.17. The van der Waals surface area contributed by atoms with E-state index >= 15 is 0 Å². The fourth-order valence-corrected chi connectivity index (χ4v) is 2.17. The lowest BCUT2D eigenvalue weighted by Gasteiger charge is -2.17. The van der Waals surface area contributed by atoms with Gasteiger partial charge in [-0.3, -0.25) is 9.36 Å². The van der Waals surface area contributed by atoms with E-state index in [4.69, 9.17) is 0 Å². The van der Waals surface area contributed by atoms with E-state index in [9.17, 15) is 0 Å². The average Bonchev–Trinajstić information content (AvgIpc) is 2.85. The van der Waals surface area contributed by atoms with Crippen LogP contribution in [-0.4, -0.2) is 31.1 Å². The van der Waals surface area contributed by atoms with Crippen molar-refractivity contribution in [3.05, 3.63) is 29.6 Å². The van der Waals surface area contributed by atoms with Gasteiger partial charge >= 0.3 is 0 Å². The van der Waals surface area contributed by atoms with Gasteiger partial charge in [0, 0.05) is 20.5 Å². The molecule has 2 aromatic heterocycles. The van der Waals surface area contributed by atoms with Gasteiger partial charge in [0.2, 0.25) is 0 Å². The van der Waals surface area contributed by atoms with Gasteiger partial charge in [-0.15, -0.1) is 0 Å². The SMILES string of the molecule is CCNC(Cc1ncnn1C)c1cc(C)nn1C. The van der Waals surface area contributed by atoms with Crippen molar-refractivity contribution in [3.63, 3.8) is 0 Å². The van der Waals surface area contributed by atoms with Gasteiger partial charge in [-0.1, -0.05) is 6.92 Å². The molecule has 0 fully saturated rings. The van der Waals surface area contributed by atoms with Crippen molar-refractivity contribution in [3.8, 4) is 0 Å². The third-order valence-electron chi connectivity index (χ3n) is 3.04. The van der Waals surface area contributed by atoms with Crippen LogP contribution in [0.25, 0.3) is 0 Å². The number of nitrogens with one attached hydrogen (secondary N) is 1. The predicted octanol–water partition coefficient (Wildman–Crippen LogP) is 0.750. The fraction of sp³-hybridized carbons (Fsp3) is 0.583. The number of aromatic nitrogens is 5. The zero-order chi connectivity index (χ0) is 13.1. The van der Waals surface area contributed by atoms with E-state index in [0.717, 1.165) is 24.5 Å². The normalized spacial score (nSPS) is 12.9. The standard InChI is InChI=1S/C12H20N6/c1-5-13-10(7-12-14-8-15-18(12)4)11-6-9(2)16-17(11)3/h6,8,10,13H,5,7H2,1-4H3. The molecule has 0 radical (unpaired) electrons. The minimum Gasteiger partial charge on any atom is -0.309 e. The Morgan fingerprint density at radius 3 is 2.61 bits per heavy atom. The molecule has 2 heterocycles. The first-order chi connectivity index (χ1) is 8.61. The van der Waals surface area contributed by atoms with Crippen LogP contribution in [0.1, 0.15) is 30.2 Å². The molecule has 1 unspecified atom stereocenters. The monoisotopic (exact) mass is 248 g/mol. The molecular formula is C12H20N6. The van der Waals surface area contributed by atoms with Gasteiger partial charge in [0.05, 0.1) is 17.4 Å². The highest BCUT2D eigenvalue weighted by atomic mass is 15.3. The number of likely N-dealkylation sites (N-methyl/N-ethyl adjacent to an activating group) is 1. The van der Waals surface area contributed by atoms with Crippen LogP contribution in [0, 0.1) is 6.92 Å². The molecule has 6 nitrogen and oxygen atoms in total. The molecule has 2 rings (SSSR count). The molecule has 1 atom stereocenters. The smallest absolute Gasteiger partial charge is 0.138 e. The summed E-state index contributed by atoms with van der Waals surface area (Å²) in [6.45, 7) is 5.02. The van der Waals surface area contributed by atoms with Crippen LogP contribution in [0.5, 0.6) is 0 Å². The van der Waals surface area contributed by atoms with Gasteiger partial charge in [-0.05, 0) is 19.5 Å². The molecule has 0 aromatic carbocycles. The molecular weight excluding hydrogens is 228 g/mol. The second-order valence-electron chi connectivity index (χ2n) is 4.45. The molecule has 98 valence electrons. The summed E-state index contributed by atoms with van der Waals surface area (Å²) < 4.78 is 3.74. The number of nitrogens with zero attached hydrogens (tertiary/aromatic N) is 5. The average molecular weight is 248 g/mol. The Balaban J connectivity index is 2.23. The number of hydrogen-bond donors (Lipinski definition) is 1. The van der Waals surface area contributed by atoms with Gasteiger partial charge in [-0.25, -0.2) is 4.98 Å². The van der Waals surface area contributed by atoms with E-state index in [-0.39, 0.29) is 6.04 Å². The zero-order valence-electron chi connectivity index (χ0n) is 11.4. The maximum absolute atomic E-state index is 4.40. The van der Waals surface area contributed by atoms with E-state index < -0.39 is 0 Å². The van der Waals surface area contributed by atoms with Crippen LogP contribution in [0.2, 0.25) is 0 Å². The Bertz CT molecular complexity index is 512. The van der Waals surface area contributed by atoms with E-state index in [1.165, 1.54) is 5.69 Å². The molecule has 0 aliphatic carbocycles. The molecule has 18 heavy (non-hydrogen) atoms. The maximum Gasteiger partial charge on any atom is 0.138 e. The van der Waals surface area contributed by atoms with E-state index in [1.54, 1.807) is 6.33 Å². The van der Waals surface area contributed by atoms with Crippen molar-refractivity contribution in [2.24, 2.45) is 14.1 Å². The Kier molecular flexibility index (Phi) is 3.76. The minimum atomic E-state index is 0.212. The second-order valence-corrected chi connectivity index (χ2v) is 4.45. The number of aryl methyl sites for hydroxylation is 3. The Labute approximate surface area is 107 Å². The van der Waals surface area contributed by atoms with Crippen molar-refractivity contribution in [2.75, 3.05) is 6.54 Å². The quantitative estimate of drug-likeness (QED) is 0.848. The summed E-state index contributed by atoms with van der Waals surface area (Å²) in [5.74, 6) is 0.972. The molecule has 2 aromatic rings. The molecule has 0 saturated heterocycles. The van der Waals surface area contributed by atoms with E-state index in [0.29, 0.717) is 0 Å². The van der Waals surface area contributed by atoms with E-state index in [2.05, 4.69) is 33.5 Å². The summed E-state index contributed by atoms with van der Waals surface area (Å²) >= 11 is 0. The van der Waals surface area contributed by atoms with Crippen LogP contribution in [-0.2, 0) is 20.5 Å². The van der Waals surface area contributed by atoms with Crippen LogP contribution >= 0.6 is 0 Å². The molecule has 0 bridgehead atoms. The lowest BCUT2D eigenvalue weighted by molar-refractivity contribution is 0.488. The minimum absolute atomic E-state index is 0.212. The third kappa shape index (κ3) is 2.59. The number of rotatable bonds is 5. The van der Waals surface area contributed by atoms with Crippen LogP contribution in [0.3, 0.4) is 0 Å². The third-order valence-corrected chi connectivity index (χ3v) is 3.04. The van der Waals surface area contributed by atoms with Crippen molar-refractivity contribution in [1.29, 1.82) is 0 Å². The van der Waals surface area contributed by atoms with Gasteiger partial charge in [0.25, 0.3) is 0 Å². The summed E-state index contributed by atoms with van der Waals surface area (Å²) in [6.07, 6.45) is 2.40. The molecule has 6 heteroatoms. The Morgan fingerprint density at radius 2 is 2.11 bits per heavy atom. The molecule has 0 saturated carbocycles. The van der Waals surface area contributed by atoms with Crippen molar-refractivity contribution >= 4 is 0 Å². The van der Waals surface area contributed by atoms with Gasteiger partial charge in [0.1, 0.15) is 12.2 Å². The summed E-state index contributed by atoms with van der Waals surface area (Å²) in [6, 6.07) is 2.33. The van der Waals surface area contributed by atoms with Crippen LogP contribution < -0.4 is 5.32 Å². The Hall–Kier alpha value is -1.69. The zero-order valence-corrected chi connectivity index (χ0v) is 11.4. The summed E-state index contributed by atoms with van der Waals surface area (Å²) in [5, 5.41) is 12.0. The summed E-state index contributed by atoms with van der Waals surface area (Å²) in [5.41, 5.74) is 2.21. The van der Waals surface area contributed by atoms with Crippen molar-refractivity contribution < 1.29 is 0 Å². The first kappa shape index (κ1) is 12.8. The molecule has 0 aliphatic rings. The lowest BCUT2D eigenvalue weighted by Crippen LogP contribution is -2.26. The van der Waals surface area contributed by atoms with Gasteiger partial charge < -0.3 is 5.32 Å². The Morgan fingerprint density at radius 1 is 1.33 bits per heavy atom. The van der Waals surface area contributed by atoms with Crippen LogP contribution in [0.15, 0.2) is 12.4 Å². The van der Waals surface area contributed by atoms with Gasteiger partial charge in [0.15, 0.2) is 0 Å². The highest BCUT2D eigenvalue weighted by molar-refractivity contribution is 5.14. The number of hydrogen-bond acceptors (Lipinski definition) is 4. The van der Waals surface area contributed by atoms with Crippen LogP contribution in [0.4, 0.5) is 0 Å². The summed E-state index contributed by atoms with van der Waals surface area (Å²) in [7, 11) is 3.89. The molecule has 0 aliphatic heterocycles. The first-order valence-electron chi connectivity index (χ1n) is 6.18. The summed E-state index contributed by atoms with van der Waals surface area (Å²) in [4.78, 5) is 4.28. The maximum atomic E-state index is 4.40. The first-order valence-corrected chi connectivity index (χ1v) is 6.18. The largest absolute Gasteiger partial charge is 0.309 e.